The van der Waals surface area contributed by atoms with E-state index in [2.05, 4.69) is 50.9 Å². The van der Waals surface area contributed by atoms with Gasteiger partial charge in [-0.25, -0.2) is 4.98 Å². The van der Waals surface area contributed by atoms with E-state index >= 15 is 0 Å². The maximum absolute atomic E-state index is 13.1. The first-order valence-electron chi connectivity index (χ1n) is 11.0. The van der Waals surface area contributed by atoms with Crippen molar-refractivity contribution in [1.29, 1.82) is 0 Å². The lowest BCUT2D eigenvalue weighted by Gasteiger charge is -2.26. The fourth-order valence-electron chi connectivity index (χ4n) is 4.00. The largest absolute Gasteiger partial charge is 0.497 e. The van der Waals surface area contributed by atoms with Gasteiger partial charge >= 0.3 is 0 Å². The summed E-state index contributed by atoms with van der Waals surface area (Å²) in [6, 6.07) is 16.2. The van der Waals surface area contributed by atoms with Gasteiger partial charge in [0.1, 0.15) is 5.75 Å². The van der Waals surface area contributed by atoms with Crippen molar-refractivity contribution in [3.63, 3.8) is 0 Å². The highest BCUT2D eigenvalue weighted by Crippen LogP contribution is 2.21. The highest BCUT2D eigenvalue weighted by molar-refractivity contribution is 5.52. The molecular formula is C26H26N4O2. The first-order chi connectivity index (χ1) is 15.7. The number of fused-ring (bicyclic) bond motifs is 1. The molecule has 0 N–H and O–H groups in total. The Morgan fingerprint density at radius 2 is 1.81 bits per heavy atom. The van der Waals surface area contributed by atoms with E-state index in [0.717, 1.165) is 54.2 Å². The molecule has 3 heterocycles. The van der Waals surface area contributed by atoms with Gasteiger partial charge in [-0.3, -0.25) is 14.3 Å². The van der Waals surface area contributed by atoms with E-state index in [-0.39, 0.29) is 5.56 Å². The van der Waals surface area contributed by atoms with Gasteiger partial charge < -0.3 is 9.64 Å². The molecule has 3 aromatic rings. The smallest absolute Gasteiger partial charge is 0.258 e. The summed E-state index contributed by atoms with van der Waals surface area (Å²) < 4.78 is 6.90. The van der Waals surface area contributed by atoms with E-state index in [1.54, 1.807) is 18.0 Å². The zero-order chi connectivity index (χ0) is 21.9. The molecule has 0 unspecified atom stereocenters. The summed E-state index contributed by atoms with van der Waals surface area (Å²) in [6.45, 7) is 4.88. The van der Waals surface area contributed by atoms with E-state index in [4.69, 9.17) is 4.74 Å². The van der Waals surface area contributed by atoms with Crippen molar-refractivity contribution >= 4 is 5.69 Å². The summed E-state index contributed by atoms with van der Waals surface area (Å²) in [6.07, 6.45) is 2.47. The summed E-state index contributed by atoms with van der Waals surface area (Å²) in [7, 11) is 1.65. The standard InChI is InChI=1S/C26H26N4O2/c1-32-23-10-6-20(7-11-23)3-2-13-28-14-12-25-24(18-28)26(31)30(19-27-25)17-21-4-8-22(9-5-21)29-15-16-29/h4-11,19H,12-18H2,1H3. The average Bonchev–Trinajstić information content (AvgIpc) is 3.68. The Labute approximate surface area is 188 Å². The normalized spacial score (nSPS) is 15.0. The van der Waals surface area contributed by atoms with Gasteiger partial charge in [-0.1, -0.05) is 24.0 Å². The van der Waals surface area contributed by atoms with Gasteiger partial charge in [0.25, 0.3) is 5.56 Å². The summed E-state index contributed by atoms with van der Waals surface area (Å²) in [5.74, 6) is 7.25. The molecule has 32 heavy (non-hydrogen) atoms. The Morgan fingerprint density at radius 1 is 1.03 bits per heavy atom. The molecule has 0 amide bonds. The average molecular weight is 427 g/mol. The second-order valence-electron chi connectivity index (χ2n) is 8.25. The van der Waals surface area contributed by atoms with Gasteiger partial charge in [-0.2, -0.15) is 0 Å². The van der Waals surface area contributed by atoms with E-state index in [1.165, 1.54) is 5.69 Å². The van der Waals surface area contributed by atoms with Gasteiger partial charge in [0.15, 0.2) is 0 Å². The van der Waals surface area contributed by atoms with Crippen LogP contribution in [-0.2, 0) is 19.5 Å². The predicted octanol–water partition coefficient (Wildman–Crippen LogP) is 2.53. The third-order valence-electron chi connectivity index (χ3n) is 5.99. The highest BCUT2D eigenvalue weighted by Gasteiger charge is 2.21. The molecule has 2 aromatic carbocycles. The van der Waals surface area contributed by atoms with Crippen LogP contribution in [0.5, 0.6) is 5.75 Å². The molecule has 1 saturated heterocycles. The molecule has 1 aromatic heterocycles. The Balaban J connectivity index is 1.26. The number of hydrogen-bond donors (Lipinski definition) is 0. The van der Waals surface area contributed by atoms with Gasteiger partial charge in [0, 0.05) is 43.9 Å². The van der Waals surface area contributed by atoms with E-state index in [9.17, 15) is 4.79 Å². The topological polar surface area (TPSA) is 50.4 Å². The quantitative estimate of drug-likeness (QED) is 0.464. The number of benzene rings is 2. The molecule has 0 radical (unpaired) electrons. The lowest BCUT2D eigenvalue weighted by atomic mass is 10.1. The molecule has 0 spiro atoms. The van der Waals surface area contributed by atoms with Crippen LogP contribution >= 0.6 is 0 Å². The van der Waals surface area contributed by atoms with Crippen LogP contribution in [0.4, 0.5) is 5.69 Å². The second kappa shape index (κ2) is 8.89. The van der Waals surface area contributed by atoms with Gasteiger partial charge in [-0.15, -0.1) is 0 Å². The number of ether oxygens (including phenoxy) is 1. The minimum absolute atomic E-state index is 0.0535. The fourth-order valence-corrected chi connectivity index (χ4v) is 4.00. The van der Waals surface area contributed by atoms with Gasteiger partial charge in [0.05, 0.1) is 37.8 Å². The maximum Gasteiger partial charge on any atom is 0.258 e. The molecule has 6 nitrogen and oxygen atoms in total. The van der Waals surface area contributed by atoms with Crippen LogP contribution in [0.2, 0.25) is 0 Å². The molecule has 2 aliphatic rings. The van der Waals surface area contributed by atoms with Crippen molar-refractivity contribution in [2.45, 2.75) is 19.5 Å². The highest BCUT2D eigenvalue weighted by atomic mass is 16.5. The van der Waals surface area contributed by atoms with Crippen molar-refractivity contribution < 1.29 is 4.74 Å². The summed E-state index contributed by atoms with van der Waals surface area (Å²) in [4.78, 5) is 22.3. The Kier molecular flexibility index (Phi) is 5.66. The summed E-state index contributed by atoms with van der Waals surface area (Å²) in [5.41, 5.74) is 5.08. The van der Waals surface area contributed by atoms with Crippen LogP contribution in [-0.4, -0.2) is 47.7 Å². The van der Waals surface area contributed by atoms with Crippen molar-refractivity contribution in [3.8, 4) is 17.6 Å². The molecule has 2 aliphatic heterocycles. The Bertz CT molecular complexity index is 1220. The molecular weight excluding hydrogens is 400 g/mol. The molecule has 162 valence electrons. The lowest BCUT2D eigenvalue weighted by Crippen LogP contribution is -2.38. The third-order valence-corrected chi connectivity index (χ3v) is 5.99. The fraction of sp³-hybridized carbons (Fsp3) is 0.308. The number of anilines is 1. The molecule has 0 bridgehead atoms. The van der Waals surface area contributed by atoms with Crippen LogP contribution in [0.3, 0.4) is 0 Å². The first-order valence-corrected chi connectivity index (χ1v) is 11.0. The Morgan fingerprint density at radius 3 is 2.53 bits per heavy atom. The second-order valence-corrected chi connectivity index (χ2v) is 8.25. The molecule has 5 rings (SSSR count). The van der Waals surface area contributed by atoms with E-state index in [0.29, 0.717) is 19.6 Å². The van der Waals surface area contributed by atoms with E-state index < -0.39 is 0 Å². The van der Waals surface area contributed by atoms with E-state index in [1.807, 2.05) is 24.3 Å². The summed E-state index contributed by atoms with van der Waals surface area (Å²) in [5, 5.41) is 0. The Hall–Kier alpha value is -3.56. The lowest BCUT2D eigenvalue weighted by molar-refractivity contribution is 0.280. The van der Waals surface area contributed by atoms with Crippen LogP contribution in [0.15, 0.2) is 59.7 Å². The molecule has 0 atom stereocenters. The zero-order valence-electron chi connectivity index (χ0n) is 18.3. The number of rotatable bonds is 5. The molecule has 0 saturated carbocycles. The van der Waals surface area contributed by atoms with Gasteiger partial charge in [0.2, 0.25) is 0 Å². The molecule has 0 aliphatic carbocycles. The van der Waals surface area contributed by atoms with Crippen molar-refractivity contribution in [2.24, 2.45) is 0 Å². The van der Waals surface area contributed by atoms with Crippen molar-refractivity contribution in [1.82, 2.24) is 14.5 Å². The van der Waals surface area contributed by atoms with Crippen molar-refractivity contribution in [3.05, 3.63) is 87.6 Å². The predicted molar refractivity (Wildman–Crippen MR) is 125 cm³/mol. The minimum Gasteiger partial charge on any atom is -0.497 e. The zero-order valence-corrected chi connectivity index (χ0v) is 18.3. The SMILES string of the molecule is COc1ccc(C#CCN2CCc3ncn(Cc4ccc(N5CC5)cc4)c(=O)c3C2)cc1. The number of nitrogens with zero attached hydrogens (tertiary/aromatic N) is 4. The number of methoxy groups -OCH3 is 1. The third kappa shape index (κ3) is 4.53. The molecule has 1 fully saturated rings. The van der Waals surface area contributed by atoms with Gasteiger partial charge in [-0.05, 0) is 42.0 Å². The van der Waals surface area contributed by atoms with Crippen LogP contribution < -0.4 is 15.2 Å². The van der Waals surface area contributed by atoms with Crippen LogP contribution in [0.1, 0.15) is 22.4 Å². The van der Waals surface area contributed by atoms with Crippen molar-refractivity contribution in [2.75, 3.05) is 38.2 Å². The first kappa shape index (κ1) is 20.3. The van der Waals surface area contributed by atoms with Crippen LogP contribution in [0.25, 0.3) is 0 Å². The maximum atomic E-state index is 13.1. The monoisotopic (exact) mass is 426 g/mol. The number of aromatic nitrogens is 2. The molecule has 6 heteroatoms. The summed E-state index contributed by atoms with van der Waals surface area (Å²) >= 11 is 0. The van der Waals surface area contributed by atoms with Crippen LogP contribution in [0, 0.1) is 11.8 Å². The number of hydrogen-bond acceptors (Lipinski definition) is 5. The minimum atomic E-state index is 0.0535.